The molecule has 0 heterocycles. The summed E-state index contributed by atoms with van der Waals surface area (Å²) >= 11 is 3.02. The van der Waals surface area contributed by atoms with Crippen LogP contribution in [0.5, 0.6) is 0 Å². The molecule has 0 aliphatic heterocycles. The van der Waals surface area contributed by atoms with Gasteiger partial charge in [-0.1, -0.05) is 0 Å². The molecule has 1 aromatic rings. The zero-order valence-corrected chi connectivity index (χ0v) is 11.7. The first-order valence-electron chi connectivity index (χ1n) is 6.29. The number of fused-ring (bicyclic) bond motifs is 1. The Balaban J connectivity index is 1.95. The number of halogens is 3. The van der Waals surface area contributed by atoms with Crippen molar-refractivity contribution >= 4 is 21.9 Å². The van der Waals surface area contributed by atoms with Crippen molar-refractivity contribution in [3.63, 3.8) is 0 Å². The summed E-state index contributed by atoms with van der Waals surface area (Å²) in [5.74, 6) is -1.40. The molecule has 2 saturated carbocycles. The predicted molar refractivity (Wildman–Crippen MR) is 68.7 cm³/mol. The van der Waals surface area contributed by atoms with Gasteiger partial charge in [0.2, 0.25) is 0 Å². The van der Waals surface area contributed by atoms with Crippen molar-refractivity contribution in [2.24, 2.45) is 17.3 Å². The number of carboxylic acid groups (broad SMARTS) is 1. The third-order valence-electron chi connectivity index (χ3n) is 4.48. The molecule has 0 aromatic heterocycles. The fraction of sp³-hybridized carbons (Fsp3) is 0.500. The van der Waals surface area contributed by atoms with E-state index in [1.807, 2.05) is 0 Å². The highest BCUT2D eigenvalue weighted by Gasteiger charge is 2.57. The molecular formula is C14H13BrF2O2. The minimum atomic E-state index is -0.990. The van der Waals surface area contributed by atoms with Crippen molar-refractivity contribution in [1.29, 1.82) is 0 Å². The molecule has 102 valence electrons. The first-order chi connectivity index (χ1) is 8.93. The summed E-state index contributed by atoms with van der Waals surface area (Å²) in [6.07, 6.45) is 2.09. The Labute approximate surface area is 117 Å². The van der Waals surface area contributed by atoms with Gasteiger partial charge in [0.1, 0.15) is 11.6 Å². The predicted octanol–water partition coefficient (Wildman–Crippen LogP) is 3.77. The summed E-state index contributed by atoms with van der Waals surface area (Å²) in [7, 11) is 0. The number of rotatable bonds is 3. The Bertz CT molecular complexity index is 549. The van der Waals surface area contributed by atoms with E-state index in [1.54, 1.807) is 0 Å². The van der Waals surface area contributed by atoms with Gasteiger partial charge in [-0.25, -0.2) is 8.78 Å². The molecular weight excluding hydrogens is 318 g/mol. The van der Waals surface area contributed by atoms with Crippen molar-refractivity contribution in [3.05, 3.63) is 33.8 Å². The van der Waals surface area contributed by atoms with Gasteiger partial charge >= 0.3 is 5.97 Å². The van der Waals surface area contributed by atoms with Gasteiger partial charge in [-0.2, -0.15) is 0 Å². The molecule has 1 N–H and O–H groups in total. The summed E-state index contributed by atoms with van der Waals surface area (Å²) in [5, 5.41) is 9.46. The number of carbonyl (C=O) groups is 1. The third-order valence-corrected chi connectivity index (χ3v) is 5.10. The Kier molecular flexibility index (Phi) is 2.93. The van der Waals surface area contributed by atoms with Crippen LogP contribution in [0.25, 0.3) is 0 Å². The van der Waals surface area contributed by atoms with E-state index in [9.17, 15) is 18.7 Å². The molecule has 0 bridgehead atoms. The minimum absolute atomic E-state index is 0.0631. The second-order valence-electron chi connectivity index (χ2n) is 5.75. The molecule has 5 heteroatoms. The molecule has 1 aromatic carbocycles. The van der Waals surface area contributed by atoms with Crippen LogP contribution in [0.15, 0.2) is 16.6 Å². The van der Waals surface area contributed by atoms with E-state index in [1.165, 1.54) is 12.1 Å². The van der Waals surface area contributed by atoms with E-state index < -0.39 is 23.0 Å². The van der Waals surface area contributed by atoms with Gasteiger partial charge in [0.05, 0.1) is 9.89 Å². The maximum absolute atomic E-state index is 14.0. The van der Waals surface area contributed by atoms with E-state index in [0.717, 1.165) is 6.42 Å². The van der Waals surface area contributed by atoms with Crippen molar-refractivity contribution in [3.8, 4) is 0 Å². The van der Waals surface area contributed by atoms with Crippen molar-refractivity contribution in [2.75, 3.05) is 0 Å². The summed E-state index contributed by atoms with van der Waals surface area (Å²) in [5.41, 5.74) is -1.10. The van der Waals surface area contributed by atoms with E-state index in [2.05, 4.69) is 15.9 Å². The normalized spacial score (nSPS) is 32.2. The number of carboxylic acids is 1. The van der Waals surface area contributed by atoms with Crippen LogP contribution in [0.4, 0.5) is 8.78 Å². The fourth-order valence-electron chi connectivity index (χ4n) is 3.36. The van der Waals surface area contributed by atoms with Gasteiger partial charge < -0.3 is 5.11 Å². The molecule has 2 unspecified atom stereocenters. The van der Waals surface area contributed by atoms with Gasteiger partial charge in [-0.15, -0.1) is 0 Å². The molecule has 2 aliphatic rings. The van der Waals surface area contributed by atoms with Crippen LogP contribution >= 0.6 is 15.9 Å². The minimum Gasteiger partial charge on any atom is -0.481 e. The average molecular weight is 331 g/mol. The summed E-state index contributed by atoms with van der Waals surface area (Å²) in [6.45, 7) is 0. The molecule has 0 spiro atoms. The molecule has 0 amide bonds. The highest BCUT2D eigenvalue weighted by molar-refractivity contribution is 9.10. The van der Waals surface area contributed by atoms with Crippen LogP contribution in [0.3, 0.4) is 0 Å². The first-order valence-corrected chi connectivity index (χ1v) is 7.08. The Morgan fingerprint density at radius 1 is 1.37 bits per heavy atom. The summed E-state index contributed by atoms with van der Waals surface area (Å²) in [4.78, 5) is 11.5. The molecule has 2 nitrogen and oxygen atoms in total. The van der Waals surface area contributed by atoms with Crippen LogP contribution in [-0.2, 0) is 11.2 Å². The Hall–Kier alpha value is -0.970. The van der Waals surface area contributed by atoms with Gasteiger partial charge in [-0.3, -0.25) is 4.79 Å². The lowest BCUT2D eigenvalue weighted by molar-refractivity contribution is -0.149. The monoisotopic (exact) mass is 330 g/mol. The molecule has 3 rings (SSSR count). The molecule has 2 atom stereocenters. The second-order valence-corrected chi connectivity index (χ2v) is 6.60. The highest BCUT2D eigenvalue weighted by Crippen LogP contribution is 2.61. The maximum atomic E-state index is 14.0. The van der Waals surface area contributed by atoms with Crippen LogP contribution in [0.1, 0.15) is 24.8 Å². The Morgan fingerprint density at radius 2 is 2.00 bits per heavy atom. The molecule has 19 heavy (non-hydrogen) atoms. The number of aliphatic carboxylic acids is 1. The van der Waals surface area contributed by atoms with Crippen LogP contribution in [-0.4, -0.2) is 11.1 Å². The lowest BCUT2D eigenvalue weighted by Crippen LogP contribution is -2.32. The SMILES string of the molecule is O=C(O)C1(Cc2c(F)ccc(Br)c2F)CC2CC2C1. The van der Waals surface area contributed by atoms with Gasteiger partial charge in [-0.05, 0) is 65.6 Å². The number of benzene rings is 1. The first kappa shape index (κ1) is 13.0. The van der Waals surface area contributed by atoms with Crippen molar-refractivity contribution in [2.45, 2.75) is 25.7 Å². The summed E-state index contributed by atoms with van der Waals surface area (Å²) < 4.78 is 27.9. The second kappa shape index (κ2) is 4.27. The molecule has 0 saturated heterocycles. The maximum Gasteiger partial charge on any atom is 0.309 e. The zero-order chi connectivity index (χ0) is 13.8. The average Bonchev–Trinajstić information content (AvgIpc) is 2.98. The van der Waals surface area contributed by atoms with Gasteiger partial charge in [0.25, 0.3) is 0 Å². The quantitative estimate of drug-likeness (QED) is 0.856. The van der Waals surface area contributed by atoms with Crippen LogP contribution in [0, 0.1) is 28.9 Å². The highest BCUT2D eigenvalue weighted by atomic mass is 79.9. The lowest BCUT2D eigenvalue weighted by Gasteiger charge is -2.26. The molecule has 2 fully saturated rings. The van der Waals surface area contributed by atoms with Crippen molar-refractivity contribution in [1.82, 2.24) is 0 Å². The fourth-order valence-corrected chi connectivity index (χ4v) is 3.73. The zero-order valence-electron chi connectivity index (χ0n) is 10.1. The van der Waals surface area contributed by atoms with E-state index in [4.69, 9.17) is 0 Å². The van der Waals surface area contributed by atoms with Gasteiger partial charge in [0.15, 0.2) is 0 Å². The standard InChI is InChI=1S/C14H13BrF2O2/c15-10-1-2-11(16)9(12(10)17)6-14(13(18)19)4-7-3-8(7)5-14/h1-2,7-8H,3-6H2,(H,18,19). The van der Waals surface area contributed by atoms with E-state index in [-0.39, 0.29) is 16.5 Å². The topological polar surface area (TPSA) is 37.3 Å². The van der Waals surface area contributed by atoms with Crippen LogP contribution < -0.4 is 0 Å². The number of hydrogen-bond donors (Lipinski definition) is 1. The lowest BCUT2D eigenvalue weighted by atomic mass is 9.77. The third kappa shape index (κ3) is 2.08. The van der Waals surface area contributed by atoms with Crippen molar-refractivity contribution < 1.29 is 18.7 Å². The Morgan fingerprint density at radius 3 is 2.58 bits per heavy atom. The summed E-state index contributed by atoms with van der Waals surface area (Å²) in [6, 6.07) is 2.47. The van der Waals surface area contributed by atoms with E-state index >= 15 is 0 Å². The number of hydrogen-bond acceptors (Lipinski definition) is 1. The molecule has 2 aliphatic carbocycles. The van der Waals surface area contributed by atoms with E-state index in [0.29, 0.717) is 24.7 Å². The van der Waals surface area contributed by atoms with Gasteiger partial charge in [0, 0.05) is 5.56 Å². The van der Waals surface area contributed by atoms with Crippen LogP contribution in [0.2, 0.25) is 0 Å². The smallest absolute Gasteiger partial charge is 0.309 e. The molecule has 0 radical (unpaired) electrons. The largest absolute Gasteiger partial charge is 0.481 e.